The van der Waals surface area contributed by atoms with E-state index in [1.54, 1.807) is 19.5 Å². The zero-order valence-electron chi connectivity index (χ0n) is 17.0. The zero-order valence-corrected chi connectivity index (χ0v) is 17.8. The van der Waals surface area contributed by atoms with E-state index in [-0.39, 0.29) is 12.4 Å². The molecule has 0 amide bonds. The van der Waals surface area contributed by atoms with E-state index >= 15 is 0 Å². The molecule has 0 spiro atoms. The smallest absolute Gasteiger partial charge is 0.155 e. The van der Waals surface area contributed by atoms with Crippen LogP contribution in [-0.4, -0.2) is 58.4 Å². The summed E-state index contributed by atoms with van der Waals surface area (Å²) in [5.74, 6) is 1.78. The monoisotopic (exact) mass is 414 g/mol. The minimum atomic E-state index is 0. The Kier molecular flexibility index (Phi) is 6.71. The summed E-state index contributed by atoms with van der Waals surface area (Å²) in [5.41, 5.74) is 4.38. The van der Waals surface area contributed by atoms with Crippen molar-refractivity contribution in [2.75, 3.05) is 38.2 Å². The van der Waals surface area contributed by atoms with Crippen molar-refractivity contribution in [1.82, 2.24) is 25.1 Å². The number of ether oxygens (including phenoxy) is 1. The lowest BCUT2D eigenvalue weighted by Gasteiger charge is -2.38. The molecule has 3 heterocycles. The highest BCUT2D eigenvalue weighted by atomic mass is 35.5. The number of hydrogen-bond donors (Lipinski definition) is 1. The Morgan fingerprint density at radius 3 is 2.34 bits per heavy atom. The largest absolute Gasteiger partial charge is 0.497 e. The van der Waals surface area contributed by atoms with E-state index in [0.717, 1.165) is 54.7 Å². The van der Waals surface area contributed by atoms with E-state index in [0.29, 0.717) is 6.04 Å². The molecule has 1 aromatic carbocycles. The highest BCUT2D eigenvalue weighted by Gasteiger charge is 2.26. The predicted octanol–water partition coefficient (Wildman–Crippen LogP) is 3.49. The first-order valence-electron chi connectivity index (χ1n) is 9.61. The molecular formula is C21H27ClN6O. The Labute approximate surface area is 177 Å². The Morgan fingerprint density at radius 2 is 1.72 bits per heavy atom. The Bertz CT molecular complexity index is 921. The van der Waals surface area contributed by atoms with Gasteiger partial charge in [-0.15, -0.1) is 12.4 Å². The molecule has 8 heteroatoms. The zero-order chi connectivity index (χ0) is 19.5. The normalized spacial score (nSPS) is 15.6. The van der Waals surface area contributed by atoms with Gasteiger partial charge in [0, 0.05) is 61.4 Å². The van der Waals surface area contributed by atoms with Crippen LogP contribution in [0.3, 0.4) is 0 Å². The van der Waals surface area contributed by atoms with Gasteiger partial charge in [0.2, 0.25) is 0 Å². The van der Waals surface area contributed by atoms with Gasteiger partial charge in [-0.05, 0) is 38.1 Å². The molecule has 1 aliphatic rings. The maximum absolute atomic E-state index is 5.27. The van der Waals surface area contributed by atoms with Gasteiger partial charge in [0.1, 0.15) is 11.4 Å². The summed E-state index contributed by atoms with van der Waals surface area (Å²) in [6, 6.07) is 8.34. The predicted molar refractivity (Wildman–Crippen MR) is 117 cm³/mol. The maximum atomic E-state index is 5.27. The fraction of sp³-hybridized carbons (Fsp3) is 0.381. The lowest BCUT2D eigenvalue weighted by molar-refractivity contribution is 0.198. The number of hydrogen-bond acceptors (Lipinski definition) is 6. The second kappa shape index (κ2) is 9.24. The molecule has 0 saturated carbocycles. The van der Waals surface area contributed by atoms with E-state index in [4.69, 9.17) is 4.74 Å². The van der Waals surface area contributed by atoms with Crippen molar-refractivity contribution in [3.63, 3.8) is 0 Å². The average Bonchev–Trinajstić information content (AvgIpc) is 3.19. The molecule has 1 saturated heterocycles. The summed E-state index contributed by atoms with van der Waals surface area (Å²) in [7, 11) is 1.67. The number of aromatic nitrogens is 4. The Morgan fingerprint density at radius 1 is 1.03 bits per heavy atom. The third-order valence-electron chi connectivity index (χ3n) is 5.52. The Balaban J connectivity index is 0.00000240. The third-order valence-corrected chi connectivity index (χ3v) is 5.52. The number of piperazine rings is 1. The van der Waals surface area contributed by atoms with E-state index in [9.17, 15) is 0 Å². The van der Waals surface area contributed by atoms with Crippen LogP contribution >= 0.6 is 12.4 Å². The van der Waals surface area contributed by atoms with Crippen LogP contribution in [0.5, 0.6) is 5.75 Å². The standard InChI is InChI=1S/C21H26N6O.ClH/c1-15-19(14-24-25-15)16(2)26-10-12-27(13-11-26)21-20(22-8-9-23-21)17-4-6-18(28-3)7-5-17;/h4-9,14,16H,10-13H2,1-3H3,(H,24,25);1H. The van der Waals surface area contributed by atoms with Gasteiger partial charge in [-0.25, -0.2) is 4.98 Å². The van der Waals surface area contributed by atoms with Crippen LogP contribution in [0.4, 0.5) is 5.82 Å². The van der Waals surface area contributed by atoms with Crippen LogP contribution in [0.15, 0.2) is 42.9 Å². The molecule has 1 atom stereocenters. The van der Waals surface area contributed by atoms with Gasteiger partial charge in [-0.1, -0.05) is 0 Å². The summed E-state index contributed by atoms with van der Waals surface area (Å²) >= 11 is 0. The van der Waals surface area contributed by atoms with Gasteiger partial charge in [-0.3, -0.25) is 15.0 Å². The molecule has 0 bridgehead atoms. The number of aromatic amines is 1. The second-order valence-corrected chi connectivity index (χ2v) is 7.11. The van der Waals surface area contributed by atoms with Crippen molar-refractivity contribution in [2.24, 2.45) is 0 Å². The molecule has 4 rings (SSSR count). The molecule has 3 aromatic rings. The first-order chi connectivity index (χ1) is 13.7. The van der Waals surface area contributed by atoms with Gasteiger partial charge in [0.25, 0.3) is 0 Å². The highest BCUT2D eigenvalue weighted by Crippen LogP contribution is 2.30. The summed E-state index contributed by atoms with van der Waals surface area (Å²) in [6.45, 7) is 8.12. The van der Waals surface area contributed by atoms with Crippen molar-refractivity contribution in [3.05, 3.63) is 54.1 Å². The van der Waals surface area contributed by atoms with Crippen LogP contribution in [0, 0.1) is 6.92 Å². The lowest BCUT2D eigenvalue weighted by atomic mass is 10.1. The first-order valence-corrected chi connectivity index (χ1v) is 9.61. The van der Waals surface area contributed by atoms with Gasteiger partial charge >= 0.3 is 0 Å². The summed E-state index contributed by atoms with van der Waals surface area (Å²) in [5, 5.41) is 7.21. The van der Waals surface area contributed by atoms with E-state index in [1.807, 2.05) is 30.5 Å². The Hall–Kier alpha value is -2.64. The van der Waals surface area contributed by atoms with Gasteiger partial charge < -0.3 is 9.64 Å². The van der Waals surface area contributed by atoms with Gasteiger partial charge in [0.15, 0.2) is 5.82 Å². The van der Waals surface area contributed by atoms with E-state index in [1.165, 1.54) is 5.56 Å². The van der Waals surface area contributed by atoms with Gasteiger partial charge in [-0.2, -0.15) is 5.10 Å². The number of benzene rings is 1. The third kappa shape index (κ3) is 4.36. The maximum Gasteiger partial charge on any atom is 0.155 e. The van der Waals surface area contributed by atoms with Crippen LogP contribution in [0.1, 0.15) is 24.2 Å². The van der Waals surface area contributed by atoms with Crippen molar-refractivity contribution in [2.45, 2.75) is 19.9 Å². The SMILES string of the molecule is COc1ccc(-c2nccnc2N2CCN(C(C)c3cn[nH]c3C)CC2)cc1.Cl. The van der Waals surface area contributed by atoms with Crippen molar-refractivity contribution < 1.29 is 4.74 Å². The molecule has 7 nitrogen and oxygen atoms in total. The molecular weight excluding hydrogens is 388 g/mol. The van der Waals surface area contributed by atoms with Crippen molar-refractivity contribution in [3.8, 4) is 17.0 Å². The lowest BCUT2D eigenvalue weighted by Crippen LogP contribution is -2.47. The van der Waals surface area contributed by atoms with Crippen LogP contribution in [0.25, 0.3) is 11.3 Å². The van der Waals surface area contributed by atoms with Crippen LogP contribution in [0.2, 0.25) is 0 Å². The minimum absolute atomic E-state index is 0. The van der Waals surface area contributed by atoms with Crippen LogP contribution < -0.4 is 9.64 Å². The minimum Gasteiger partial charge on any atom is -0.497 e. The molecule has 1 N–H and O–H groups in total. The topological polar surface area (TPSA) is 70.2 Å². The number of rotatable bonds is 5. The average molecular weight is 415 g/mol. The van der Waals surface area contributed by atoms with E-state index in [2.05, 4.69) is 43.8 Å². The number of nitrogens with zero attached hydrogens (tertiary/aromatic N) is 5. The highest BCUT2D eigenvalue weighted by molar-refractivity contribution is 5.85. The summed E-state index contributed by atoms with van der Waals surface area (Å²) in [6.07, 6.45) is 5.46. The molecule has 1 aliphatic heterocycles. The second-order valence-electron chi connectivity index (χ2n) is 7.11. The molecule has 1 unspecified atom stereocenters. The number of nitrogens with one attached hydrogen (secondary N) is 1. The van der Waals surface area contributed by atoms with Crippen LogP contribution in [-0.2, 0) is 0 Å². The molecule has 1 fully saturated rings. The summed E-state index contributed by atoms with van der Waals surface area (Å²) in [4.78, 5) is 14.1. The molecule has 154 valence electrons. The number of halogens is 1. The molecule has 0 radical (unpaired) electrons. The first kappa shape index (κ1) is 21.1. The molecule has 0 aliphatic carbocycles. The van der Waals surface area contributed by atoms with E-state index < -0.39 is 0 Å². The fourth-order valence-electron chi connectivity index (χ4n) is 3.81. The number of aryl methyl sites for hydroxylation is 1. The van der Waals surface area contributed by atoms with Crippen molar-refractivity contribution in [1.29, 1.82) is 0 Å². The fourth-order valence-corrected chi connectivity index (χ4v) is 3.81. The van der Waals surface area contributed by atoms with Crippen molar-refractivity contribution >= 4 is 18.2 Å². The number of anilines is 1. The molecule has 2 aromatic heterocycles. The quantitative estimate of drug-likeness (QED) is 0.689. The number of methoxy groups -OCH3 is 1. The summed E-state index contributed by atoms with van der Waals surface area (Å²) < 4.78 is 5.27. The van der Waals surface area contributed by atoms with Gasteiger partial charge in [0.05, 0.1) is 13.3 Å². The molecule has 29 heavy (non-hydrogen) atoms. The number of H-pyrrole nitrogens is 1.